The summed E-state index contributed by atoms with van der Waals surface area (Å²) in [7, 11) is 0. The largest absolute Gasteiger partial charge is 0.508 e. The molecule has 1 saturated carbocycles. The van der Waals surface area contributed by atoms with Crippen molar-refractivity contribution in [1.29, 1.82) is 0 Å². The highest BCUT2D eigenvalue weighted by Gasteiger charge is 2.45. The molecule has 3 aliphatic heterocycles. The van der Waals surface area contributed by atoms with E-state index in [1.54, 1.807) is 34.1 Å². The number of phenols is 2. The quantitative estimate of drug-likeness (QED) is 0.253. The van der Waals surface area contributed by atoms with Gasteiger partial charge in [0.05, 0.1) is 6.04 Å². The highest BCUT2D eigenvalue weighted by Crippen LogP contribution is 2.40. The monoisotopic (exact) mass is 743 g/mol. The molecule has 0 spiro atoms. The number of carbonyl (C=O) groups excluding carboxylic acids is 4. The number of hydrogen-bond acceptors (Lipinski definition) is 7. The first-order chi connectivity index (χ1) is 25.8. The van der Waals surface area contributed by atoms with Crippen molar-refractivity contribution in [2.45, 2.75) is 116 Å². The first-order valence-corrected chi connectivity index (χ1v) is 20.3. The van der Waals surface area contributed by atoms with Gasteiger partial charge in [0.1, 0.15) is 11.5 Å². The van der Waals surface area contributed by atoms with E-state index in [0.29, 0.717) is 57.4 Å². The summed E-state index contributed by atoms with van der Waals surface area (Å²) in [6, 6.07) is 13.6. The fourth-order valence-corrected chi connectivity index (χ4v) is 9.47. The first-order valence-electron chi connectivity index (χ1n) is 20.3. The molecule has 54 heavy (non-hydrogen) atoms. The molecule has 294 valence electrons. The van der Waals surface area contributed by atoms with Crippen LogP contribution in [0.3, 0.4) is 0 Å². The minimum absolute atomic E-state index is 0.0182. The molecule has 11 nitrogen and oxygen atoms in total. The van der Waals surface area contributed by atoms with Crippen LogP contribution in [0.2, 0.25) is 0 Å². The van der Waals surface area contributed by atoms with Crippen LogP contribution in [0.4, 0.5) is 0 Å². The lowest BCUT2D eigenvalue weighted by atomic mass is 9.69. The van der Waals surface area contributed by atoms with Gasteiger partial charge in [-0.2, -0.15) is 0 Å². The second-order valence-electron chi connectivity index (χ2n) is 17.4. The lowest BCUT2D eigenvalue weighted by Gasteiger charge is -2.47. The molecule has 4 aliphatic rings. The third kappa shape index (κ3) is 9.39. The summed E-state index contributed by atoms with van der Waals surface area (Å²) in [5.74, 6) is -0.636. The van der Waals surface area contributed by atoms with E-state index >= 15 is 0 Å². The van der Waals surface area contributed by atoms with E-state index in [4.69, 9.17) is 0 Å². The van der Waals surface area contributed by atoms with Crippen LogP contribution in [0.15, 0.2) is 48.5 Å². The van der Waals surface area contributed by atoms with E-state index < -0.39 is 23.6 Å². The molecule has 1 aliphatic carbocycles. The standard InChI is InChI=1S/C43H61N5O6/c1-5-7-33-24-44-39(51)40(52)47(33)27-34-8-6-21-45(34)26-35(22-29-11-17-37(49)18-12-29)48-28-36(23-30-13-19-38(50)20-14-30)46(41(53)42(48)54)25-31-9-15-32(16-10-31)43(2,3)4/h11-14,17-20,31-36,49-50H,5-10,15-16,21-28H2,1-4H3,(H,44,51). The van der Waals surface area contributed by atoms with Gasteiger partial charge < -0.3 is 30.2 Å². The van der Waals surface area contributed by atoms with Gasteiger partial charge in [-0.3, -0.25) is 24.1 Å². The molecule has 0 radical (unpaired) electrons. The van der Waals surface area contributed by atoms with E-state index in [0.717, 1.165) is 69.0 Å². The number of likely N-dealkylation sites (tertiary alicyclic amines) is 1. The number of piperazine rings is 2. The minimum atomic E-state index is -0.555. The molecule has 4 atom stereocenters. The van der Waals surface area contributed by atoms with Crippen LogP contribution in [0, 0.1) is 17.3 Å². The van der Waals surface area contributed by atoms with Crippen molar-refractivity contribution in [2.24, 2.45) is 17.3 Å². The molecule has 3 saturated heterocycles. The Morgan fingerprint density at radius 3 is 2.02 bits per heavy atom. The van der Waals surface area contributed by atoms with Crippen LogP contribution < -0.4 is 5.32 Å². The molecule has 11 heteroatoms. The second-order valence-corrected chi connectivity index (χ2v) is 17.4. The summed E-state index contributed by atoms with van der Waals surface area (Å²) in [6.45, 7) is 12.2. The number of nitrogens with one attached hydrogen (secondary N) is 1. The molecule has 4 amide bonds. The molecule has 4 unspecified atom stereocenters. The average Bonchev–Trinajstić information content (AvgIpc) is 3.58. The SMILES string of the molecule is CCCC1CNC(=O)C(=O)N1CC1CCCN1CC(Cc1ccc(O)cc1)N1CC(Cc2ccc(O)cc2)N(CC2CCC(C(C)(C)C)CC2)C(=O)C1=O. The van der Waals surface area contributed by atoms with Gasteiger partial charge in [-0.1, -0.05) is 58.4 Å². The van der Waals surface area contributed by atoms with Crippen LogP contribution in [-0.2, 0) is 32.0 Å². The van der Waals surface area contributed by atoms with Gasteiger partial charge in [-0.25, -0.2) is 0 Å². The van der Waals surface area contributed by atoms with Crippen LogP contribution in [0.25, 0.3) is 0 Å². The topological polar surface area (TPSA) is 134 Å². The third-order valence-corrected chi connectivity index (χ3v) is 12.7. The number of amides is 4. The summed E-state index contributed by atoms with van der Waals surface area (Å²) < 4.78 is 0. The molecule has 3 heterocycles. The van der Waals surface area contributed by atoms with Crippen LogP contribution >= 0.6 is 0 Å². The van der Waals surface area contributed by atoms with Gasteiger partial charge in [0.2, 0.25) is 0 Å². The smallest absolute Gasteiger partial charge is 0.312 e. The lowest BCUT2D eigenvalue weighted by Crippen LogP contribution is -2.65. The number of hydrogen-bond donors (Lipinski definition) is 3. The second kappa shape index (κ2) is 17.1. The maximum absolute atomic E-state index is 14.4. The first kappa shape index (κ1) is 39.6. The predicted octanol–water partition coefficient (Wildman–Crippen LogP) is 4.74. The molecule has 6 rings (SSSR count). The average molecular weight is 744 g/mol. The van der Waals surface area contributed by atoms with E-state index in [9.17, 15) is 29.4 Å². The third-order valence-electron chi connectivity index (χ3n) is 12.7. The number of carbonyl (C=O) groups is 4. The Balaban J connectivity index is 1.25. The Morgan fingerprint density at radius 2 is 1.39 bits per heavy atom. The van der Waals surface area contributed by atoms with Gasteiger partial charge in [-0.05, 0) is 117 Å². The molecular weight excluding hydrogens is 683 g/mol. The lowest BCUT2D eigenvalue weighted by molar-refractivity contribution is -0.162. The van der Waals surface area contributed by atoms with Crippen molar-refractivity contribution in [3.8, 4) is 11.5 Å². The van der Waals surface area contributed by atoms with Gasteiger partial charge in [0.25, 0.3) is 0 Å². The Labute approximate surface area is 321 Å². The number of nitrogens with zero attached hydrogens (tertiary/aromatic N) is 4. The summed E-state index contributed by atoms with van der Waals surface area (Å²) in [6.07, 6.45) is 8.89. The molecule has 2 aromatic rings. The Morgan fingerprint density at radius 1 is 0.759 bits per heavy atom. The van der Waals surface area contributed by atoms with Crippen molar-refractivity contribution in [1.82, 2.24) is 24.9 Å². The Bertz CT molecular complexity index is 1620. The summed E-state index contributed by atoms with van der Waals surface area (Å²) in [5.41, 5.74) is 2.19. The number of rotatable bonds is 13. The number of phenolic OH excluding ortho intramolecular Hbond substituents is 2. The van der Waals surface area contributed by atoms with Crippen LogP contribution in [0.5, 0.6) is 11.5 Å². The normalized spacial score (nSPS) is 26.4. The summed E-state index contributed by atoms with van der Waals surface area (Å²) in [4.78, 5) is 62.1. The van der Waals surface area contributed by atoms with Gasteiger partial charge in [-0.15, -0.1) is 0 Å². The highest BCUT2D eigenvalue weighted by atomic mass is 16.3. The van der Waals surface area contributed by atoms with E-state index in [-0.39, 0.29) is 41.1 Å². The van der Waals surface area contributed by atoms with Gasteiger partial charge in [0.15, 0.2) is 0 Å². The molecule has 4 fully saturated rings. The Kier molecular flexibility index (Phi) is 12.6. The van der Waals surface area contributed by atoms with E-state index in [1.165, 1.54) is 0 Å². The summed E-state index contributed by atoms with van der Waals surface area (Å²) in [5, 5.41) is 22.8. The predicted molar refractivity (Wildman–Crippen MR) is 208 cm³/mol. The van der Waals surface area contributed by atoms with E-state index in [2.05, 4.69) is 37.9 Å². The number of aromatic hydroxyl groups is 2. The van der Waals surface area contributed by atoms with Crippen molar-refractivity contribution in [3.63, 3.8) is 0 Å². The van der Waals surface area contributed by atoms with E-state index in [1.807, 2.05) is 29.2 Å². The molecule has 2 aromatic carbocycles. The van der Waals surface area contributed by atoms with Crippen LogP contribution in [0.1, 0.15) is 90.2 Å². The van der Waals surface area contributed by atoms with Gasteiger partial charge in [0, 0.05) is 50.8 Å². The maximum atomic E-state index is 14.4. The fraction of sp³-hybridized carbons (Fsp3) is 0.628. The zero-order chi connectivity index (χ0) is 38.6. The molecular formula is C43H61N5O6. The van der Waals surface area contributed by atoms with Crippen molar-refractivity contribution in [3.05, 3.63) is 59.7 Å². The Hall–Kier alpha value is -4.12. The van der Waals surface area contributed by atoms with Crippen LogP contribution in [-0.4, -0.2) is 117 Å². The van der Waals surface area contributed by atoms with Crippen molar-refractivity contribution >= 4 is 23.6 Å². The molecule has 3 N–H and O–H groups in total. The fourth-order valence-electron chi connectivity index (χ4n) is 9.47. The van der Waals surface area contributed by atoms with Crippen molar-refractivity contribution < 1.29 is 29.4 Å². The minimum Gasteiger partial charge on any atom is -0.508 e. The summed E-state index contributed by atoms with van der Waals surface area (Å²) >= 11 is 0. The zero-order valence-corrected chi connectivity index (χ0v) is 32.7. The molecule has 0 aromatic heterocycles. The number of benzene rings is 2. The van der Waals surface area contributed by atoms with Crippen molar-refractivity contribution in [2.75, 3.05) is 39.3 Å². The maximum Gasteiger partial charge on any atom is 0.312 e. The highest BCUT2D eigenvalue weighted by molar-refractivity contribution is 6.36. The van der Waals surface area contributed by atoms with Gasteiger partial charge >= 0.3 is 23.6 Å². The molecule has 0 bridgehead atoms. The zero-order valence-electron chi connectivity index (χ0n) is 32.7.